The van der Waals surface area contributed by atoms with Gasteiger partial charge in [-0.25, -0.2) is 0 Å². The third kappa shape index (κ3) is 3.44. The van der Waals surface area contributed by atoms with Gasteiger partial charge >= 0.3 is 0 Å². The smallest absolute Gasteiger partial charge is 0.279 e. The number of rotatable bonds is 3. The Hall–Kier alpha value is -0.170. The molecule has 0 aliphatic carbocycles. The molecule has 0 aromatic heterocycles. The van der Waals surface area contributed by atoms with Crippen LogP contribution in [0, 0.1) is 5.92 Å². The van der Waals surface area contributed by atoms with Crippen molar-refractivity contribution < 1.29 is 8.42 Å². The van der Waals surface area contributed by atoms with Gasteiger partial charge in [-0.15, -0.1) is 0 Å². The van der Waals surface area contributed by atoms with E-state index in [1.165, 1.54) is 0 Å². The normalized spacial score (nSPS) is 35.6. The van der Waals surface area contributed by atoms with Gasteiger partial charge in [0.05, 0.1) is 0 Å². The van der Waals surface area contributed by atoms with Crippen LogP contribution < -0.4 is 10.0 Å². The topological polar surface area (TPSA) is 61.4 Å². The van der Waals surface area contributed by atoms with Gasteiger partial charge in [0.1, 0.15) is 0 Å². The van der Waals surface area contributed by atoms with Crippen LogP contribution in [-0.2, 0) is 10.2 Å². The average molecular weight is 275 g/mol. The van der Waals surface area contributed by atoms with E-state index in [-0.39, 0.29) is 12.1 Å². The van der Waals surface area contributed by atoms with Crippen LogP contribution in [0.5, 0.6) is 0 Å². The Balaban J connectivity index is 1.97. The number of hydrogen-bond donors (Lipinski definition) is 2. The molecule has 0 spiro atoms. The van der Waals surface area contributed by atoms with E-state index in [1.807, 2.05) is 6.92 Å². The summed E-state index contributed by atoms with van der Waals surface area (Å²) in [6.45, 7) is 6.54. The van der Waals surface area contributed by atoms with Crippen molar-refractivity contribution in [2.75, 3.05) is 19.6 Å². The van der Waals surface area contributed by atoms with Crippen LogP contribution in [0.4, 0.5) is 0 Å². The molecule has 0 aromatic carbocycles. The number of nitrogens with one attached hydrogen (secondary N) is 2. The Morgan fingerprint density at radius 1 is 1.22 bits per heavy atom. The quantitative estimate of drug-likeness (QED) is 0.797. The molecule has 106 valence electrons. The molecule has 0 radical (unpaired) electrons. The molecule has 2 aliphatic rings. The highest BCUT2D eigenvalue weighted by molar-refractivity contribution is 7.87. The first-order chi connectivity index (χ1) is 8.49. The minimum absolute atomic E-state index is 0.0351. The molecule has 0 bridgehead atoms. The van der Waals surface area contributed by atoms with E-state index in [1.54, 1.807) is 4.31 Å². The van der Waals surface area contributed by atoms with Crippen molar-refractivity contribution in [3.05, 3.63) is 0 Å². The summed E-state index contributed by atoms with van der Waals surface area (Å²) in [5.41, 5.74) is 0. The second kappa shape index (κ2) is 5.86. The summed E-state index contributed by atoms with van der Waals surface area (Å²) in [6.07, 6.45) is 4.01. The van der Waals surface area contributed by atoms with E-state index in [0.29, 0.717) is 12.5 Å². The van der Waals surface area contributed by atoms with Crippen LogP contribution in [0.3, 0.4) is 0 Å². The minimum Gasteiger partial charge on any atom is -0.315 e. The Kier molecular flexibility index (Phi) is 4.64. The van der Waals surface area contributed by atoms with E-state index >= 15 is 0 Å². The Labute approximate surface area is 110 Å². The fourth-order valence-corrected chi connectivity index (χ4v) is 4.64. The van der Waals surface area contributed by atoms with E-state index in [4.69, 9.17) is 0 Å². The second-order valence-corrected chi connectivity index (χ2v) is 7.43. The van der Waals surface area contributed by atoms with Gasteiger partial charge in [-0.05, 0) is 38.6 Å². The first-order valence-electron chi connectivity index (χ1n) is 6.99. The van der Waals surface area contributed by atoms with Crippen LogP contribution in [0.25, 0.3) is 0 Å². The molecule has 2 aliphatic heterocycles. The fourth-order valence-electron chi connectivity index (χ4n) is 2.95. The molecule has 0 amide bonds. The second-order valence-electron chi connectivity index (χ2n) is 5.77. The molecule has 0 aromatic rings. The van der Waals surface area contributed by atoms with Gasteiger partial charge in [0.25, 0.3) is 10.2 Å². The standard InChI is InChI=1S/C12H25N3O2S/c1-10-7-12(9-13-8-10)14-18(16,17)15-6-4-3-5-11(15)2/h10-14H,3-9H2,1-2H3. The SMILES string of the molecule is CC1CNCC(NS(=O)(=O)N2CCCCC2C)C1. The molecular weight excluding hydrogens is 250 g/mol. The summed E-state index contributed by atoms with van der Waals surface area (Å²) in [5.74, 6) is 0.533. The first kappa shape index (κ1) is 14.2. The van der Waals surface area contributed by atoms with Gasteiger partial charge in [-0.2, -0.15) is 17.4 Å². The monoisotopic (exact) mass is 275 g/mol. The number of nitrogens with zero attached hydrogens (tertiary/aromatic N) is 1. The molecule has 2 N–H and O–H groups in total. The van der Waals surface area contributed by atoms with Crippen LogP contribution in [0.1, 0.15) is 39.5 Å². The molecule has 3 unspecified atom stereocenters. The molecule has 2 heterocycles. The average Bonchev–Trinajstić information content (AvgIpc) is 2.28. The predicted molar refractivity (Wildman–Crippen MR) is 72.5 cm³/mol. The summed E-state index contributed by atoms with van der Waals surface area (Å²) in [7, 11) is -3.31. The van der Waals surface area contributed by atoms with Gasteiger partial charge in [-0.1, -0.05) is 13.3 Å². The lowest BCUT2D eigenvalue weighted by molar-refractivity contribution is 0.259. The van der Waals surface area contributed by atoms with Gasteiger partial charge in [-0.3, -0.25) is 0 Å². The lowest BCUT2D eigenvalue weighted by atomic mass is 9.99. The van der Waals surface area contributed by atoms with E-state index in [2.05, 4.69) is 17.0 Å². The van der Waals surface area contributed by atoms with Crippen LogP contribution >= 0.6 is 0 Å². The highest BCUT2D eigenvalue weighted by atomic mass is 32.2. The molecule has 2 fully saturated rings. The maximum absolute atomic E-state index is 12.4. The van der Waals surface area contributed by atoms with Gasteiger partial charge in [0, 0.05) is 25.2 Å². The van der Waals surface area contributed by atoms with Gasteiger partial charge in [0.15, 0.2) is 0 Å². The van der Waals surface area contributed by atoms with Crippen LogP contribution in [-0.4, -0.2) is 44.4 Å². The van der Waals surface area contributed by atoms with Crippen molar-refractivity contribution in [3.8, 4) is 0 Å². The zero-order valence-corrected chi connectivity index (χ0v) is 12.2. The molecule has 3 atom stereocenters. The zero-order valence-electron chi connectivity index (χ0n) is 11.4. The first-order valence-corrected chi connectivity index (χ1v) is 8.43. The fraction of sp³-hybridized carbons (Fsp3) is 1.00. The number of piperidine rings is 2. The summed E-state index contributed by atoms with van der Waals surface area (Å²) in [6, 6.07) is 0.165. The molecular formula is C12H25N3O2S. The molecule has 0 saturated carbocycles. The Bertz CT molecular complexity index is 372. The molecule has 5 nitrogen and oxygen atoms in total. The number of hydrogen-bond acceptors (Lipinski definition) is 3. The molecule has 2 saturated heterocycles. The van der Waals surface area contributed by atoms with Gasteiger partial charge in [0.2, 0.25) is 0 Å². The van der Waals surface area contributed by atoms with Crippen LogP contribution in [0.2, 0.25) is 0 Å². The maximum Gasteiger partial charge on any atom is 0.279 e. The largest absolute Gasteiger partial charge is 0.315 e. The molecule has 6 heteroatoms. The molecule has 2 rings (SSSR count). The lowest BCUT2D eigenvalue weighted by Gasteiger charge is -2.35. The van der Waals surface area contributed by atoms with Crippen molar-refractivity contribution in [1.29, 1.82) is 0 Å². The maximum atomic E-state index is 12.4. The van der Waals surface area contributed by atoms with E-state index < -0.39 is 10.2 Å². The van der Waals surface area contributed by atoms with Crippen molar-refractivity contribution >= 4 is 10.2 Å². The Morgan fingerprint density at radius 3 is 2.67 bits per heavy atom. The highest BCUT2D eigenvalue weighted by Gasteiger charge is 2.32. The summed E-state index contributed by atoms with van der Waals surface area (Å²) >= 11 is 0. The van der Waals surface area contributed by atoms with Gasteiger partial charge < -0.3 is 5.32 Å². The predicted octanol–water partition coefficient (Wildman–Crippen LogP) is 0.693. The third-order valence-electron chi connectivity index (χ3n) is 3.94. The summed E-state index contributed by atoms with van der Waals surface area (Å²) < 4.78 is 29.2. The Morgan fingerprint density at radius 2 is 2.00 bits per heavy atom. The third-order valence-corrected chi connectivity index (χ3v) is 5.73. The lowest BCUT2D eigenvalue weighted by Crippen LogP contribution is -2.54. The van der Waals surface area contributed by atoms with Crippen LogP contribution in [0.15, 0.2) is 0 Å². The zero-order chi connectivity index (χ0) is 13.2. The summed E-state index contributed by atoms with van der Waals surface area (Å²) in [5, 5.41) is 3.28. The minimum atomic E-state index is -3.31. The van der Waals surface area contributed by atoms with Crippen molar-refractivity contribution in [3.63, 3.8) is 0 Å². The summed E-state index contributed by atoms with van der Waals surface area (Å²) in [4.78, 5) is 0. The van der Waals surface area contributed by atoms with Crippen molar-refractivity contribution in [2.24, 2.45) is 5.92 Å². The van der Waals surface area contributed by atoms with Crippen molar-refractivity contribution in [1.82, 2.24) is 14.3 Å². The molecule has 18 heavy (non-hydrogen) atoms. The van der Waals surface area contributed by atoms with Crippen molar-refractivity contribution in [2.45, 2.75) is 51.6 Å². The van der Waals surface area contributed by atoms with E-state index in [9.17, 15) is 8.42 Å². The van der Waals surface area contributed by atoms with E-state index in [0.717, 1.165) is 38.8 Å². The highest BCUT2D eigenvalue weighted by Crippen LogP contribution is 2.20.